The molecular weight excluding hydrogens is 296 g/mol. The van der Waals surface area contributed by atoms with E-state index in [-0.39, 0.29) is 12.6 Å². The molecule has 5 heteroatoms. The summed E-state index contributed by atoms with van der Waals surface area (Å²) in [6.07, 6.45) is 1.81. The highest BCUT2D eigenvalue weighted by molar-refractivity contribution is 7.13. The number of benzene rings is 1. The molecule has 2 heterocycles. The van der Waals surface area contributed by atoms with Gasteiger partial charge in [-0.25, -0.2) is 9.78 Å². The summed E-state index contributed by atoms with van der Waals surface area (Å²) < 4.78 is 7.04. The molecule has 0 fully saturated rings. The monoisotopic (exact) mass is 312 g/mol. The average Bonchev–Trinajstić information content (AvgIpc) is 3.14. The number of thiazole rings is 1. The first-order valence-corrected chi connectivity index (χ1v) is 7.81. The number of carbonyl (C=O) groups is 1. The highest BCUT2D eigenvalue weighted by Crippen LogP contribution is 2.24. The molecule has 0 unspecified atom stereocenters. The predicted molar refractivity (Wildman–Crippen MR) is 86.8 cm³/mol. The normalized spacial score (nSPS) is 10.6. The van der Waals surface area contributed by atoms with Crippen molar-refractivity contribution in [2.24, 2.45) is 7.05 Å². The van der Waals surface area contributed by atoms with Crippen molar-refractivity contribution in [3.63, 3.8) is 0 Å². The maximum absolute atomic E-state index is 11.9. The summed E-state index contributed by atoms with van der Waals surface area (Å²) in [5.41, 5.74) is 3.60. The van der Waals surface area contributed by atoms with Gasteiger partial charge in [0.05, 0.1) is 5.69 Å². The number of rotatable bonds is 4. The van der Waals surface area contributed by atoms with E-state index in [4.69, 9.17) is 4.74 Å². The highest BCUT2D eigenvalue weighted by Gasteiger charge is 2.12. The largest absolute Gasteiger partial charge is 0.454 e. The fourth-order valence-electron chi connectivity index (χ4n) is 2.09. The van der Waals surface area contributed by atoms with Crippen molar-refractivity contribution < 1.29 is 9.53 Å². The van der Waals surface area contributed by atoms with Crippen LogP contribution in [0.2, 0.25) is 0 Å². The van der Waals surface area contributed by atoms with Gasteiger partial charge >= 0.3 is 5.97 Å². The molecule has 3 rings (SSSR count). The molecule has 0 amide bonds. The summed E-state index contributed by atoms with van der Waals surface area (Å²) in [5, 5.41) is 2.86. The van der Waals surface area contributed by atoms with Crippen LogP contribution in [0.15, 0.2) is 48.0 Å². The molecule has 0 bridgehead atoms. The van der Waals surface area contributed by atoms with E-state index in [2.05, 4.69) is 24.0 Å². The highest BCUT2D eigenvalue weighted by atomic mass is 32.1. The van der Waals surface area contributed by atoms with E-state index in [1.54, 1.807) is 22.0 Å². The average molecular weight is 312 g/mol. The van der Waals surface area contributed by atoms with Gasteiger partial charge in [0.1, 0.15) is 17.3 Å². The van der Waals surface area contributed by atoms with Crippen molar-refractivity contribution in [1.29, 1.82) is 0 Å². The van der Waals surface area contributed by atoms with Gasteiger partial charge in [-0.3, -0.25) is 0 Å². The van der Waals surface area contributed by atoms with Crippen molar-refractivity contribution in [3.05, 3.63) is 64.9 Å². The van der Waals surface area contributed by atoms with E-state index in [1.807, 2.05) is 36.8 Å². The van der Waals surface area contributed by atoms with E-state index < -0.39 is 0 Å². The van der Waals surface area contributed by atoms with Crippen LogP contribution in [0, 0.1) is 6.92 Å². The third-order valence-electron chi connectivity index (χ3n) is 3.35. The van der Waals surface area contributed by atoms with E-state index >= 15 is 0 Å². The Morgan fingerprint density at radius 1 is 1.27 bits per heavy atom. The summed E-state index contributed by atoms with van der Waals surface area (Å²) >= 11 is 1.55. The number of esters is 1. The minimum atomic E-state index is -0.336. The van der Waals surface area contributed by atoms with E-state index in [9.17, 15) is 4.79 Å². The Morgan fingerprint density at radius 3 is 2.73 bits per heavy atom. The van der Waals surface area contributed by atoms with Gasteiger partial charge in [0, 0.05) is 24.2 Å². The first-order valence-electron chi connectivity index (χ1n) is 6.93. The quantitative estimate of drug-likeness (QED) is 0.688. The molecule has 3 aromatic rings. The lowest BCUT2D eigenvalue weighted by Crippen LogP contribution is -2.09. The summed E-state index contributed by atoms with van der Waals surface area (Å²) in [6, 6.07) is 11.8. The Balaban J connectivity index is 1.66. The lowest BCUT2D eigenvalue weighted by atomic mass is 10.2. The summed E-state index contributed by atoms with van der Waals surface area (Å²) in [7, 11) is 1.81. The SMILES string of the molecule is Cc1ccc(-c2nc(COC(=O)c3cccn3C)cs2)cc1. The molecule has 112 valence electrons. The summed E-state index contributed by atoms with van der Waals surface area (Å²) in [6.45, 7) is 2.24. The van der Waals surface area contributed by atoms with Gasteiger partial charge in [-0.2, -0.15) is 0 Å². The van der Waals surface area contributed by atoms with Crippen molar-refractivity contribution in [2.75, 3.05) is 0 Å². The van der Waals surface area contributed by atoms with Gasteiger partial charge in [0.25, 0.3) is 0 Å². The number of nitrogens with zero attached hydrogens (tertiary/aromatic N) is 2. The van der Waals surface area contributed by atoms with Crippen LogP contribution < -0.4 is 0 Å². The number of aromatic nitrogens is 2. The maximum atomic E-state index is 11.9. The summed E-state index contributed by atoms with van der Waals surface area (Å²) in [5.74, 6) is -0.336. The lowest BCUT2D eigenvalue weighted by molar-refractivity contribution is 0.0457. The first-order chi connectivity index (χ1) is 10.6. The van der Waals surface area contributed by atoms with Crippen molar-refractivity contribution in [3.8, 4) is 10.6 Å². The maximum Gasteiger partial charge on any atom is 0.355 e. The minimum absolute atomic E-state index is 0.187. The Kier molecular flexibility index (Phi) is 4.06. The third-order valence-corrected chi connectivity index (χ3v) is 4.29. The molecule has 0 aliphatic rings. The van der Waals surface area contributed by atoms with Gasteiger partial charge in [0.2, 0.25) is 0 Å². The molecule has 1 aromatic carbocycles. The van der Waals surface area contributed by atoms with Crippen LogP contribution >= 0.6 is 11.3 Å². The van der Waals surface area contributed by atoms with Crippen LogP contribution in [-0.2, 0) is 18.4 Å². The number of hydrogen-bond acceptors (Lipinski definition) is 4. The van der Waals surface area contributed by atoms with E-state index in [0.717, 1.165) is 16.3 Å². The number of hydrogen-bond donors (Lipinski definition) is 0. The standard InChI is InChI=1S/C17H16N2O2S/c1-12-5-7-13(8-6-12)16-18-14(11-22-16)10-21-17(20)15-4-3-9-19(15)2/h3-9,11H,10H2,1-2H3. The molecule has 0 atom stereocenters. The number of aryl methyl sites for hydroxylation is 2. The second kappa shape index (κ2) is 6.15. The minimum Gasteiger partial charge on any atom is -0.454 e. The van der Waals surface area contributed by atoms with Gasteiger partial charge in [-0.05, 0) is 19.1 Å². The molecular formula is C17H16N2O2S. The molecule has 0 aliphatic carbocycles. The Hall–Kier alpha value is -2.40. The van der Waals surface area contributed by atoms with Crippen LogP contribution in [0.4, 0.5) is 0 Å². The Labute approximate surface area is 133 Å². The molecule has 0 N–H and O–H groups in total. The topological polar surface area (TPSA) is 44.1 Å². The van der Waals surface area contributed by atoms with Gasteiger partial charge in [0.15, 0.2) is 0 Å². The van der Waals surface area contributed by atoms with Crippen LogP contribution in [0.3, 0.4) is 0 Å². The zero-order chi connectivity index (χ0) is 15.5. The zero-order valence-corrected chi connectivity index (χ0v) is 13.3. The van der Waals surface area contributed by atoms with Crippen LogP contribution in [-0.4, -0.2) is 15.5 Å². The molecule has 0 aliphatic heterocycles. The van der Waals surface area contributed by atoms with Gasteiger partial charge in [-0.15, -0.1) is 11.3 Å². The van der Waals surface area contributed by atoms with Gasteiger partial charge < -0.3 is 9.30 Å². The number of carbonyl (C=O) groups excluding carboxylic acids is 1. The lowest BCUT2D eigenvalue weighted by Gasteiger charge is -2.03. The first kappa shape index (κ1) is 14.5. The Bertz CT molecular complexity index is 787. The number of ether oxygens (including phenoxy) is 1. The van der Waals surface area contributed by atoms with Crippen molar-refractivity contribution >= 4 is 17.3 Å². The van der Waals surface area contributed by atoms with E-state index in [1.165, 1.54) is 5.56 Å². The van der Waals surface area contributed by atoms with Crippen molar-refractivity contribution in [2.45, 2.75) is 13.5 Å². The molecule has 0 saturated heterocycles. The molecule has 2 aromatic heterocycles. The van der Waals surface area contributed by atoms with Crippen LogP contribution in [0.5, 0.6) is 0 Å². The fourth-order valence-corrected chi connectivity index (χ4v) is 2.90. The van der Waals surface area contributed by atoms with Gasteiger partial charge in [-0.1, -0.05) is 29.8 Å². The second-order valence-electron chi connectivity index (χ2n) is 5.09. The second-order valence-corrected chi connectivity index (χ2v) is 5.95. The molecule has 0 spiro atoms. The zero-order valence-electron chi connectivity index (χ0n) is 12.4. The molecule has 0 radical (unpaired) electrons. The fraction of sp³-hybridized carbons (Fsp3) is 0.176. The van der Waals surface area contributed by atoms with Crippen LogP contribution in [0.1, 0.15) is 21.7 Å². The summed E-state index contributed by atoms with van der Waals surface area (Å²) in [4.78, 5) is 16.5. The molecule has 0 saturated carbocycles. The third kappa shape index (κ3) is 3.09. The molecule has 22 heavy (non-hydrogen) atoms. The van der Waals surface area contributed by atoms with Crippen LogP contribution in [0.25, 0.3) is 10.6 Å². The van der Waals surface area contributed by atoms with Crippen molar-refractivity contribution in [1.82, 2.24) is 9.55 Å². The Morgan fingerprint density at radius 2 is 2.05 bits per heavy atom. The predicted octanol–water partition coefficient (Wildman–Crippen LogP) is 3.81. The molecule has 4 nitrogen and oxygen atoms in total. The van der Waals surface area contributed by atoms with E-state index in [0.29, 0.717) is 5.69 Å². The smallest absolute Gasteiger partial charge is 0.355 e.